The van der Waals surface area contributed by atoms with E-state index in [4.69, 9.17) is 9.47 Å². The Kier molecular flexibility index (Phi) is 44.4. The number of unbranched alkanes of at least 4 members (excludes halogenated alkanes) is 32. The van der Waals surface area contributed by atoms with Gasteiger partial charge in [-0.2, -0.15) is 0 Å². The number of hydrogen-bond donors (Lipinski definition) is 1. The molecule has 318 valence electrons. The van der Waals surface area contributed by atoms with Crippen molar-refractivity contribution in [1.29, 1.82) is 0 Å². The first-order valence-corrected chi connectivity index (χ1v) is 23.9. The lowest BCUT2D eigenvalue weighted by Gasteiger charge is -2.15. The standard InChI is InChI=1S/C49H92O5/c1-3-5-7-9-11-13-15-17-19-21-22-23-24-25-26-28-30-32-34-36-38-40-42-44-49(52)54-47(45-50)46-53-48(51)43-41-39-37-35-33-31-29-27-20-18-16-14-12-10-8-6-4-2/h28,30,36,38,47,50H,3-27,29,31-35,37,39-46H2,1-2H3/b30-28+,38-36+/t47-/m0/s1. The normalized spacial score (nSPS) is 12.3. The van der Waals surface area contributed by atoms with Crippen LogP contribution in [-0.2, 0) is 19.1 Å². The Balaban J connectivity index is 3.53. The molecule has 0 saturated carbocycles. The Hall–Kier alpha value is -1.62. The third kappa shape index (κ3) is 43.1. The molecule has 0 aliphatic carbocycles. The van der Waals surface area contributed by atoms with Crippen LogP contribution in [0.3, 0.4) is 0 Å². The van der Waals surface area contributed by atoms with E-state index in [0.717, 1.165) is 38.5 Å². The summed E-state index contributed by atoms with van der Waals surface area (Å²) in [5.41, 5.74) is 0. The van der Waals surface area contributed by atoms with Crippen LogP contribution in [0.15, 0.2) is 24.3 Å². The predicted molar refractivity (Wildman–Crippen MR) is 233 cm³/mol. The lowest BCUT2D eigenvalue weighted by Crippen LogP contribution is -2.28. The monoisotopic (exact) mass is 761 g/mol. The molecule has 0 aromatic carbocycles. The summed E-state index contributed by atoms with van der Waals surface area (Å²) in [7, 11) is 0. The summed E-state index contributed by atoms with van der Waals surface area (Å²) in [5, 5.41) is 9.59. The second-order valence-corrected chi connectivity index (χ2v) is 16.2. The van der Waals surface area contributed by atoms with Gasteiger partial charge in [-0.05, 0) is 44.9 Å². The molecule has 1 N–H and O–H groups in total. The van der Waals surface area contributed by atoms with Crippen LogP contribution >= 0.6 is 0 Å². The van der Waals surface area contributed by atoms with Gasteiger partial charge in [0.2, 0.25) is 0 Å². The van der Waals surface area contributed by atoms with Crippen LogP contribution in [0.2, 0.25) is 0 Å². The number of hydrogen-bond acceptors (Lipinski definition) is 5. The molecule has 54 heavy (non-hydrogen) atoms. The van der Waals surface area contributed by atoms with Crippen LogP contribution in [0.5, 0.6) is 0 Å². The van der Waals surface area contributed by atoms with Gasteiger partial charge in [-0.3, -0.25) is 9.59 Å². The maximum atomic E-state index is 12.2. The third-order valence-corrected chi connectivity index (χ3v) is 10.7. The zero-order chi connectivity index (χ0) is 39.3. The first-order valence-electron chi connectivity index (χ1n) is 23.9. The molecule has 0 radical (unpaired) electrons. The fourth-order valence-corrected chi connectivity index (χ4v) is 7.11. The molecule has 0 unspecified atom stereocenters. The fourth-order valence-electron chi connectivity index (χ4n) is 7.11. The first-order chi connectivity index (χ1) is 26.6. The molecule has 0 spiro atoms. The largest absolute Gasteiger partial charge is 0.462 e. The van der Waals surface area contributed by atoms with Crippen LogP contribution in [0.4, 0.5) is 0 Å². The number of ether oxygens (including phenoxy) is 2. The van der Waals surface area contributed by atoms with Crippen molar-refractivity contribution in [2.45, 2.75) is 264 Å². The van der Waals surface area contributed by atoms with Gasteiger partial charge in [0.25, 0.3) is 0 Å². The third-order valence-electron chi connectivity index (χ3n) is 10.7. The summed E-state index contributed by atoms with van der Waals surface area (Å²) in [4.78, 5) is 24.4. The van der Waals surface area contributed by atoms with Gasteiger partial charge in [0.1, 0.15) is 6.61 Å². The van der Waals surface area contributed by atoms with Crippen molar-refractivity contribution in [3.8, 4) is 0 Å². The second kappa shape index (κ2) is 45.8. The molecular formula is C49H92O5. The molecule has 0 rings (SSSR count). The van der Waals surface area contributed by atoms with E-state index in [1.807, 2.05) is 0 Å². The number of carbonyl (C=O) groups excluding carboxylic acids is 2. The van der Waals surface area contributed by atoms with Gasteiger partial charge >= 0.3 is 11.9 Å². The van der Waals surface area contributed by atoms with E-state index in [2.05, 4.69) is 38.2 Å². The van der Waals surface area contributed by atoms with E-state index in [0.29, 0.717) is 19.3 Å². The summed E-state index contributed by atoms with van der Waals surface area (Å²) in [6, 6.07) is 0. The average molecular weight is 761 g/mol. The average Bonchev–Trinajstić information content (AvgIpc) is 3.17. The molecule has 1 atom stereocenters. The van der Waals surface area contributed by atoms with E-state index < -0.39 is 6.10 Å². The lowest BCUT2D eigenvalue weighted by molar-refractivity contribution is -0.161. The first kappa shape index (κ1) is 52.4. The molecule has 0 aliphatic heterocycles. The number of esters is 2. The zero-order valence-corrected chi connectivity index (χ0v) is 36.3. The maximum Gasteiger partial charge on any atom is 0.306 e. The Morgan fingerprint density at radius 2 is 0.722 bits per heavy atom. The van der Waals surface area contributed by atoms with Gasteiger partial charge in [0, 0.05) is 12.8 Å². The molecule has 0 bridgehead atoms. The molecular weight excluding hydrogens is 669 g/mol. The van der Waals surface area contributed by atoms with Crippen molar-refractivity contribution in [1.82, 2.24) is 0 Å². The van der Waals surface area contributed by atoms with E-state index in [9.17, 15) is 14.7 Å². The quantitative estimate of drug-likeness (QED) is 0.0380. The minimum absolute atomic E-state index is 0.0765. The van der Waals surface area contributed by atoms with Gasteiger partial charge in [-0.15, -0.1) is 0 Å². The maximum absolute atomic E-state index is 12.2. The molecule has 0 amide bonds. The molecule has 0 fully saturated rings. The highest BCUT2D eigenvalue weighted by atomic mass is 16.6. The summed E-state index contributed by atoms with van der Waals surface area (Å²) in [5.74, 6) is -0.627. The Morgan fingerprint density at radius 3 is 1.11 bits per heavy atom. The van der Waals surface area contributed by atoms with Crippen LogP contribution in [0, 0.1) is 0 Å². The molecule has 0 saturated heterocycles. The molecule has 0 aromatic heterocycles. The van der Waals surface area contributed by atoms with Crippen molar-refractivity contribution in [2.24, 2.45) is 0 Å². The number of aliphatic hydroxyl groups is 1. The van der Waals surface area contributed by atoms with Gasteiger partial charge in [-0.25, -0.2) is 0 Å². The van der Waals surface area contributed by atoms with Crippen molar-refractivity contribution in [2.75, 3.05) is 13.2 Å². The van der Waals surface area contributed by atoms with Crippen molar-refractivity contribution in [3.05, 3.63) is 24.3 Å². The van der Waals surface area contributed by atoms with Crippen LogP contribution < -0.4 is 0 Å². The van der Waals surface area contributed by atoms with Gasteiger partial charge in [0.05, 0.1) is 6.61 Å². The van der Waals surface area contributed by atoms with E-state index in [1.165, 1.54) is 186 Å². The van der Waals surface area contributed by atoms with E-state index in [1.54, 1.807) is 0 Å². The van der Waals surface area contributed by atoms with Crippen molar-refractivity contribution >= 4 is 11.9 Å². The number of carbonyl (C=O) groups is 2. The minimum atomic E-state index is -0.788. The van der Waals surface area contributed by atoms with Gasteiger partial charge in [0.15, 0.2) is 6.10 Å². The molecule has 5 heteroatoms. The Morgan fingerprint density at radius 1 is 0.407 bits per heavy atom. The van der Waals surface area contributed by atoms with Crippen molar-refractivity contribution in [3.63, 3.8) is 0 Å². The highest BCUT2D eigenvalue weighted by Crippen LogP contribution is 2.16. The second-order valence-electron chi connectivity index (χ2n) is 16.2. The van der Waals surface area contributed by atoms with Crippen LogP contribution in [0.25, 0.3) is 0 Å². The highest BCUT2D eigenvalue weighted by molar-refractivity contribution is 5.70. The topological polar surface area (TPSA) is 72.8 Å². The number of allylic oxidation sites excluding steroid dienone is 4. The molecule has 0 heterocycles. The summed E-state index contributed by atoms with van der Waals surface area (Å²) in [6.07, 6.45) is 55.6. The summed E-state index contributed by atoms with van der Waals surface area (Å²) in [6.45, 7) is 4.15. The van der Waals surface area contributed by atoms with Crippen molar-refractivity contribution < 1.29 is 24.2 Å². The van der Waals surface area contributed by atoms with Crippen LogP contribution in [0.1, 0.15) is 258 Å². The number of rotatable bonds is 44. The Bertz CT molecular complexity index is 821. The summed E-state index contributed by atoms with van der Waals surface area (Å²) >= 11 is 0. The lowest BCUT2D eigenvalue weighted by atomic mass is 10.0. The predicted octanol–water partition coefficient (Wildman–Crippen LogP) is 15.4. The van der Waals surface area contributed by atoms with Crippen LogP contribution in [-0.4, -0.2) is 36.4 Å². The Labute approximate surface area is 336 Å². The molecule has 0 aliphatic rings. The SMILES string of the molecule is CCCCCCCCCCCCCCCC/C=C/CC/C=C/CCCC(=O)O[C@@H](CO)COC(=O)CCCCCCCCCCCCCCCCCCC. The smallest absolute Gasteiger partial charge is 0.306 e. The van der Waals surface area contributed by atoms with E-state index >= 15 is 0 Å². The van der Waals surface area contributed by atoms with Gasteiger partial charge < -0.3 is 14.6 Å². The van der Waals surface area contributed by atoms with E-state index in [-0.39, 0.29) is 25.2 Å². The zero-order valence-electron chi connectivity index (χ0n) is 36.3. The number of aliphatic hydroxyl groups excluding tert-OH is 1. The summed E-state index contributed by atoms with van der Waals surface area (Å²) < 4.78 is 10.6. The highest BCUT2D eigenvalue weighted by Gasteiger charge is 2.16. The molecule has 5 nitrogen and oxygen atoms in total. The fraction of sp³-hybridized carbons (Fsp3) is 0.878. The molecule has 0 aromatic rings. The minimum Gasteiger partial charge on any atom is -0.462 e. The van der Waals surface area contributed by atoms with Gasteiger partial charge in [-0.1, -0.05) is 224 Å².